The van der Waals surface area contributed by atoms with Gasteiger partial charge < -0.3 is 11.5 Å². The van der Waals surface area contributed by atoms with Crippen LogP contribution in [0.5, 0.6) is 0 Å². The van der Waals surface area contributed by atoms with Crippen LogP contribution in [0.15, 0.2) is 0 Å². The van der Waals surface area contributed by atoms with E-state index in [4.69, 9.17) is 11.5 Å². The molecule has 0 heterocycles. The first kappa shape index (κ1) is 7.56. The second-order valence-electron chi connectivity index (χ2n) is 4.24. The van der Waals surface area contributed by atoms with Gasteiger partial charge in [0.15, 0.2) is 0 Å². The van der Waals surface area contributed by atoms with Crippen molar-refractivity contribution in [2.75, 3.05) is 6.54 Å². The Balaban J connectivity index is 1.96. The third-order valence-electron chi connectivity index (χ3n) is 3.54. The van der Waals surface area contributed by atoms with E-state index in [2.05, 4.69) is 0 Å². The van der Waals surface area contributed by atoms with Gasteiger partial charge in [0.2, 0.25) is 0 Å². The van der Waals surface area contributed by atoms with Crippen LogP contribution in [0.1, 0.15) is 25.7 Å². The minimum Gasteiger partial charge on any atom is -0.330 e. The van der Waals surface area contributed by atoms with E-state index in [0.717, 1.165) is 24.3 Å². The van der Waals surface area contributed by atoms with E-state index in [1.807, 2.05) is 0 Å². The first-order valence-corrected chi connectivity index (χ1v) is 4.77. The fourth-order valence-electron chi connectivity index (χ4n) is 3.10. The topological polar surface area (TPSA) is 52.0 Å². The van der Waals surface area contributed by atoms with Crippen molar-refractivity contribution in [3.05, 3.63) is 0 Å². The summed E-state index contributed by atoms with van der Waals surface area (Å²) < 4.78 is 0. The standard InChI is InChI=1S/C9H18N2/c10-2-1-7-3-6-4-8(7)9(11)5-6/h6-9H,1-5,10-11H2. The van der Waals surface area contributed by atoms with Crippen LogP contribution in [-0.2, 0) is 0 Å². The highest BCUT2D eigenvalue weighted by molar-refractivity contribution is 4.97. The quantitative estimate of drug-likeness (QED) is 0.615. The zero-order valence-corrected chi connectivity index (χ0v) is 7.00. The molecule has 0 aliphatic heterocycles. The van der Waals surface area contributed by atoms with E-state index in [-0.39, 0.29) is 0 Å². The molecule has 4 unspecified atom stereocenters. The van der Waals surface area contributed by atoms with Gasteiger partial charge in [0.1, 0.15) is 0 Å². The molecule has 2 bridgehead atoms. The van der Waals surface area contributed by atoms with Gasteiger partial charge in [0.25, 0.3) is 0 Å². The van der Waals surface area contributed by atoms with Crippen molar-refractivity contribution in [3.8, 4) is 0 Å². The van der Waals surface area contributed by atoms with Gasteiger partial charge in [0, 0.05) is 6.04 Å². The van der Waals surface area contributed by atoms with Crippen molar-refractivity contribution in [1.29, 1.82) is 0 Å². The molecule has 0 amide bonds. The predicted octanol–water partition coefficient (Wildman–Crippen LogP) is 0.709. The molecule has 2 aliphatic rings. The summed E-state index contributed by atoms with van der Waals surface area (Å²) in [6.07, 6.45) is 5.29. The molecule has 11 heavy (non-hydrogen) atoms. The summed E-state index contributed by atoms with van der Waals surface area (Å²) in [6.45, 7) is 0.848. The molecule has 0 radical (unpaired) electrons. The second kappa shape index (κ2) is 2.76. The molecule has 0 saturated heterocycles. The third kappa shape index (κ3) is 1.18. The van der Waals surface area contributed by atoms with E-state index in [0.29, 0.717) is 6.04 Å². The van der Waals surface area contributed by atoms with E-state index in [9.17, 15) is 0 Å². The Labute approximate surface area is 68.3 Å². The molecule has 0 aromatic carbocycles. The van der Waals surface area contributed by atoms with Crippen LogP contribution in [0.2, 0.25) is 0 Å². The Morgan fingerprint density at radius 1 is 1.18 bits per heavy atom. The number of nitrogens with two attached hydrogens (primary N) is 2. The fraction of sp³-hybridized carbons (Fsp3) is 1.00. The summed E-state index contributed by atoms with van der Waals surface area (Å²) in [5, 5.41) is 0. The minimum atomic E-state index is 0.505. The summed E-state index contributed by atoms with van der Waals surface area (Å²) in [5.74, 6) is 2.64. The van der Waals surface area contributed by atoms with E-state index < -0.39 is 0 Å². The van der Waals surface area contributed by atoms with Gasteiger partial charge in [0.05, 0.1) is 0 Å². The van der Waals surface area contributed by atoms with E-state index in [1.54, 1.807) is 0 Å². The lowest BCUT2D eigenvalue weighted by Gasteiger charge is -2.26. The summed E-state index contributed by atoms with van der Waals surface area (Å²) >= 11 is 0. The maximum absolute atomic E-state index is 6.00. The van der Waals surface area contributed by atoms with Crippen molar-refractivity contribution in [2.24, 2.45) is 29.2 Å². The number of rotatable bonds is 2. The molecule has 2 heteroatoms. The lowest BCUT2D eigenvalue weighted by molar-refractivity contribution is 0.284. The Bertz CT molecular complexity index is 146. The molecular weight excluding hydrogens is 136 g/mol. The van der Waals surface area contributed by atoms with Gasteiger partial charge in [-0.3, -0.25) is 0 Å². The first-order chi connectivity index (χ1) is 5.31. The smallest absolute Gasteiger partial charge is 0.00725 e. The van der Waals surface area contributed by atoms with Crippen molar-refractivity contribution < 1.29 is 0 Å². The largest absolute Gasteiger partial charge is 0.330 e. The molecule has 4 atom stereocenters. The first-order valence-electron chi connectivity index (χ1n) is 4.77. The monoisotopic (exact) mass is 154 g/mol. The highest BCUT2D eigenvalue weighted by atomic mass is 14.7. The van der Waals surface area contributed by atoms with E-state index in [1.165, 1.54) is 25.7 Å². The maximum Gasteiger partial charge on any atom is 0.00725 e. The fourth-order valence-corrected chi connectivity index (χ4v) is 3.10. The summed E-state index contributed by atoms with van der Waals surface area (Å²) in [4.78, 5) is 0. The molecular formula is C9H18N2. The second-order valence-corrected chi connectivity index (χ2v) is 4.24. The molecule has 0 spiro atoms. The van der Waals surface area contributed by atoms with Gasteiger partial charge in [-0.15, -0.1) is 0 Å². The van der Waals surface area contributed by atoms with Crippen LogP contribution in [0.3, 0.4) is 0 Å². The SMILES string of the molecule is NCCC1CC2CC(N)C1C2. The summed E-state index contributed by atoms with van der Waals surface area (Å²) in [6, 6.07) is 0.505. The molecule has 2 aliphatic carbocycles. The Morgan fingerprint density at radius 2 is 2.00 bits per heavy atom. The van der Waals surface area contributed by atoms with Crippen LogP contribution in [0, 0.1) is 17.8 Å². The number of fused-ring (bicyclic) bond motifs is 2. The average Bonchev–Trinajstić information content (AvgIpc) is 2.46. The van der Waals surface area contributed by atoms with Crippen LogP contribution < -0.4 is 11.5 Å². The molecule has 2 saturated carbocycles. The van der Waals surface area contributed by atoms with Gasteiger partial charge in [-0.25, -0.2) is 0 Å². The van der Waals surface area contributed by atoms with Gasteiger partial charge in [-0.05, 0) is 50.0 Å². The summed E-state index contributed by atoms with van der Waals surface area (Å²) in [5.41, 5.74) is 11.5. The molecule has 4 N–H and O–H groups in total. The van der Waals surface area contributed by atoms with Crippen molar-refractivity contribution in [1.82, 2.24) is 0 Å². The van der Waals surface area contributed by atoms with Gasteiger partial charge in [-0.2, -0.15) is 0 Å². The zero-order chi connectivity index (χ0) is 7.84. The van der Waals surface area contributed by atoms with Crippen molar-refractivity contribution >= 4 is 0 Å². The molecule has 0 aromatic heterocycles. The lowest BCUT2D eigenvalue weighted by atomic mass is 9.83. The predicted molar refractivity (Wildman–Crippen MR) is 46.0 cm³/mol. The molecule has 0 aromatic rings. The number of hydrogen-bond donors (Lipinski definition) is 2. The average molecular weight is 154 g/mol. The molecule has 64 valence electrons. The zero-order valence-electron chi connectivity index (χ0n) is 7.00. The van der Waals surface area contributed by atoms with Crippen molar-refractivity contribution in [3.63, 3.8) is 0 Å². The van der Waals surface area contributed by atoms with Crippen LogP contribution >= 0.6 is 0 Å². The minimum absolute atomic E-state index is 0.505. The maximum atomic E-state index is 6.00. The highest BCUT2D eigenvalue weighted by Crippen LogP contribution is 2.48. The van der Waals surface area contributed by atoms with Crippen LogP contribution in [0.4, 0.5) is 0 Å². The third-order valence-corrected chi connectivity index (χ3v) is 3.54. The summed E-state index contributed by atoms with van der Waals surface area (Å²) in [7, 11) is 0. The van der Waals surface area contributed by atoms with E-state index >= 15 is 0 Å². The Hall–Kier alpha value is -0.0800. The van der Waals surface area contributed by atoms with Crippen LogP contribution in [-0.4, -0.2) is 12.6 Å². The van der Waals surface area contributed by atoms with Gasteiger partial charge in [-0.1, -0.05) is 0 Å². The molecule has 2 nitrogen and oxygen atoms in total. The highest BCUT2D eigenvalue weighted by Gasteiger charge is 2.43. The molecule has 2 rings (SSSR count). The molecule has 2 fully saturated rings. The Morgan fingerprint density at radius 3 is 2.55 bits per heavy atom. The number of hydrogen-bond acceptors (Lipinski definition) is 2. The Kier molecular flexibility index (Phi) is 1.90. The van der Waals surface area contributed by atoms with Crippen LogP contribution in [0.25, 0.3) is 0 Å². The van der Waals surface area contributed by atoms with Gasteiger partial charge >= 0.3 is 0 Å². The lowest BCUT2D eigenvalue weighted by Crippen LogP contribution is -2.33. The van der Waals surface area contributed by atoms with Crippen molar-refractivity contribution in [2.45, 2.75) is 31.7 Å². The normalized spacial score (nSPS) is 48.5.